The molecular weight excluding hydrogens is 493 g/mol. The van der Waals surface area contributed by atoms with E-state index in [1.165, 1.54) is 21.9 Å². The SMILES string of the molecule is [B]c1c([B])c(C)c(-c2c3ccccc3c(-c3ccc(-c4cccc5ccccc45)cc3)c3ccccc23)c(O)c1[B]. The highest BCUT2D eigenvalue weighted by atomic mass is 16.3. The van der Waals surface area contributed by atoms with E-state index in [9.17, 15) is 5.11 Å². The molecule has 0 aliphatic carbocycles. The Morgan fingerprint density at radius 3 is 1.54 bits per heavy atom. The van der Waals surface area contributed by atoms with Gasteiger partial charge in [0.05, 0.1) is 0 Å². The molecule has 0 atom stereocenters. The summed E-state index contributed by atoms with van der Waals surface area (Å²) in [5.74, 6) is -0.0447. The van der Waals surface area contributed by atoms with Gasteiger partial charge in [-0.15, -0.1) is 10.9 Å². The number of phenolic OH excluding ortho intramolecular Hbond substituents is 1. The Bertz CT molecular complexity index is 2050. The second-order valence-electron chi connectivity index (χ2n) is 10.5. The van der Waals surface area contributed by atoms with Crippen molar-refractivity contribution in [3.8, 4) is 39.1 Å². The molecule has 0 amide bonds. The van der Waals surface area contributed by atoms with Crippen LogP contribution in [0.1, 0.15) is 5.56 Å². The molecule has 0 fully saturated rings. The molecule has 41 heavy (non-hydrogen) atoms. The highest BCUT2D eigenvalue weighted by Crippen LogP contribution is 2.46. The highest BCUT2D eigenvalue weighted by molar-refractivity contribution is 6.59. The zero-order valence-corrected chi connectivity index (χ0v) is 22.6. The van der Waals surface area contributed by atoms with E-state index in [1.807, 2.05) is 31.2 Å². The van der Waals surface area contributed by atoms with Crippen molar-refractivity contribution in [3.63, 3.8) is 0 Å². The summed E-state index contributed by atoms with van der Waals surface area (Å²) in [6.45, 7) is 1.88. The van der Waals surface area contributed by atoms with Crippen molar-refractivity contribution in [2.24, 2.45) is 0 Å². The summed E-state index contributed by atoms with van der Waals surface area (Å²) >= 11 is 0. The van der Waals surface area contributed by atoms with E-state index >= 15 is 0 Å². The first-order valence-electron chi connectivity index (χ1n) is 13.6. The second kappa shape index (κ2) is 9.75. The van der Waals surface area contributed by atoms with Gasteiger partial charge in [-0.2, -0.15) is 0 Å². The van der Waals surface area contributed by atoms with Crippen molar-refractivity contribution in [1.82, 2.24) is 0 Å². The van der Waals surface area contributed by atoms with E-state index < -0.39 is 0 Å². The molecule has 0 aromatic heterocycles. The normalized spacial score (nSPS) is 11.4. The minimum Gasteiger partial charge on any atom is -0.508 e. The average molecular weight is 516 g/mol. The Labute approximate surface area is 243 Å². The molecule has 1 nitrogen and oxygen atoms in total. The molecule has 0 saturated heterocycles. The topological polar surface area (TPSA) is 20.2 Å². The Hall–Kier alpha value is -4.69. The molecule has 0 saturated carbocycles. The molecular formula is C37H23B3O. The van der Waals surface area contributed by atoms with E-state index in [2.05, 4.69) is 91.0 Å². The molecule has 0 spiro atoms. The lowest BCUT2D eigenvalue weighted by atomic mass is 9.67. The van der Waals surface area contributed by atoms with Crippen LogP contribution < -0.4 is 16.4 Å². The Morgan fingerprint density at radius 1 is 0.439 bits per heavy atom. The monoisotopic (exact) mass is 516 g/mol. The fourth-order valence-electron chi connectivity index (χ4n) is 6.23. The van der Waals surface area contributed by atoms with Crippen molar-refractivity contribution in [1.29, 1.82) is 0 Å². The molecule has 7 aromatic rings. The zero-order chi connectivity index (χ0) is 28.2. The maximum atomic E-state index is 11.3. The van der Waals surface area contributed by atoms with Crippen LogP contribution in [0.2, 0.25) is 0 Å². The van der Waals surface area contributed by atoms with Gasteiger partial charge in [0.1, 0.15) is 29.3 Å². The number of hydrogen-bond acceptors (Lipinski definition) is 1. The highest BCUT2D eigenvalue weighted by Gasteiger charge is 2.22. The predicted molar refractivity (Wildman–Crippen MR) is 178 cm³/mol. The smallest absolute Gasteiger partial charge is 0.118 e. The molecule has 4 heteroatoms. The summed E-state index contributed by atoms with van der Waals surface area (Å²) < 4.78 is 0. The molecule has 0 unspecified atom stereocenters. The summed E-state index contributed by atoms with van der Waals surface area (Å²) in [5.41, 5.74) is 7.54. The molecule has 0 aliphatic rings. The first kappa shape index (κ1) is 25.3. The summed E-state index contributed by atoms with van der Waals surface area (Å²) in [4.78, 5) is 0. The number of hydrogen-bond donors (Lipinski definition) is 1. The van der Waals surface area contributed by atoms with Crippen molar-refractivity contribution in [2.75, 3.05) is 0 Å². The first-order valence-corrected chi connectivity index (χ1v) is 13.6. The molecule has 7 aromatic carbocycles. The van der Waals surface area contributed by atoms with Gasteiger partial charge < -0.3 is 5.11 Å². The maximum absolute atomic E-state index is 11.3. The lowest BCUT2D eigenvalue weighted by Crippen LogP contribution is -2.41. The molecule has 0 heterocycles. The van der Waals surface area contributed by atoms with E-state index in [4.69, 9.17) is 23.5 Å². The Balaban J connectivity index is 1.51. The zero-order valence-electron chi connectivity index (χ0n) is 22.6. The predicted octanol–water partition coefficient (Wildman–Crippen LogP) is 6.54. The number of aromatic hydroxyl groups is 1. The molecule has 6 radical (unpaired) electrons. The molecule has 7 rings (SSSR count). The van der Waals surface area contributed by atoms with Gasteiger partial charge in [0.2, 0.25) is 0 Å². The minimum atomic E-state index is -0.0447. The third kappa shape index (κ3) is 3.89. The summed E-state index contributed by atoms with van der Waals surface area (Å²) in [5, 5.41) is 17.9. The third-order valence-corrected chi connectivity index (χ3v) is 8.31. The largest absolute Gasteiger partial charge is 0.508 e. The summed E-state index contributed by atoms with van der Waals surface area (Å²) in [7, 11) is 18.8. The van der Waals surface area contributed by atoms with Crippen LogP contribution in [-0.4, -0.2) is 28.6 Å². The van der Waals surface area contributed by atoms with Crippen molar-refractivity contribution < 1.29 is 5.11 Å². The lowest BCUT2D eigenvalue weighted by molar-refractivity contribution is 0.482. The number of benzene rings is 7. The number of rotatable bonds is 3. The third-order valence-electron chi connectivity index (χ3n) is 8.31. The van der Waals surface area contributed by atoms with Gasteiger partial charge in [0.25, 0.3) is 0 Å². The van der Waals surface area contributed by atoms with Crippen LogP contribution in [0.4, 0.5) is 0 Å². The van der Waals surface area contributed by atoms with Gasteiger partial charge in [0, 0.05) is 11.1 Å². The van der Waals surface area contributed by atoms with Gasteiger partial charge in [-0.05, 0) is 67.1 Å². The lowest BCUT2D eigenvalue weighted by Gasteiger charge is -2.23. The fraction of sp³-hybridized carbons (Fsp3) is 0.0270. The van der Waals surface area contributed by atoms with Crippen LogP contribution >= 0.6 is 0 Å². The summed E-state index contributed by atoms with van der Waals surface area (Å²) in [6, 6.07) is 40.3. The molecule has 0 bridgehead atoms. The standard InChI is InChI=1S/C37H23B3O/c1-21-31(37(41)36(40)35(39)34(21)38)33-29-14-6-4-12-27(29)32(28-13-5-7-15-30(28)33)24-19-17-23(18-20-24)26-16-8-10-22-9-2-3-11-25(22)26/h2-20,41H,1H3. The van der Waals surface area contributed by atoms with Crippen LogP contribution in [0.25, 0.3) is 65.7 Å². The Morgan fingerprint density at radius 2 is 0.927 bits per heavy atom. The quantitative estimate of drug-likeness (QED) is 0.209. The first-order chi connectivity index (χ1) is 20.0. The van der Waals surface area contributed by atoms with Gasteiger partial charge in [0.15, 0.2) is 0 Å². The van der Waals surface area contributed by atoms with E-state index in [0.717, 1.165) is 38.2 Å². The van der Waals surface area contributed by atoms with E-state index in [-0.39, 0.29) is 16.7 Å². The van der Waals surface area contributed by atoms with E-state index in [0.29, 0.717) is 16.6 Å². The van der Waals surface area contributed by atoms with Crippen molar-refractivity contribution in [3.05, 3.63) is 121 Å². The van der Waals surface area contributed by atoms with Gasteiger partial charge in [-0.25, -0.2) is 0 Å². The molecule has 0 aliphatic heterocycles. The number of fused-ring (bicyclic) bond motifs is 3. The number of phenols is 1. The van der Waals surface area contributed by atoms with Crippen LogP contribution in [0.15, 0.2) is 115 Å². The van der Waals surface area contributed by atoms with Crippen molar-refractivity contribution in [2.45, 2.75) is 6.92 Å². The van der Waals surface area contributed by atoms with Crippen LogP contribution in [0.5, 0.6) is 5.75 Å². The fourth-order valence-corrected chi connectivity index (χ4v) is 6.23. The van der Waals surface area contributed by atoms with Crippen LogP contribution in [0.3, 0.4) is 0 Å². The Kier molecular flexibility index (Phi) is 6.01. The average Bonchev–Trinajstić information content (AvgIpc) is 3.02. The van der Waals surface area contributed by atoms with Crippen LogP contribution in [0, 0.1) is 6.92 Å². The van der Waals surface area contributed by atoms with Gasteiger partial charge in [-0.3, -0.25) is 0 Å². The van der Waals surface area contributed by atoms with Crippen LogP contribution in [-0.2, 0) is 0 Å². The molecule has 186 valence electrons. The van der Waals surface area contributed by atoms with Crippen molar-refractivity contribution >= 4 is 72.2 Å². The van der Waals surface area contributed by atoms with Gasteiger partial charge >= 0.3 is 0 Å². The maximum Gasteiger partial charge on any atom is 0.118 e. The van der Waals surface area contributed by atoms with E-state index in [1.54, 1.807) is 0 Å². The van der Waals surface area contributed by atoms with Gasteiger partial charge in [-0.1, -0.05) is 121 Å². The summed E-state index contributed by atoms with van der Waals surface area (Å²) in [6.07, 6.45) is 0. The molecule has 1 N–H and O–H groups in total. The minimum absolute atomic E-state index is 0.0447. The second-order valence-corrected chi connectivity index (χ2v) is 10.5.